The summed E-state index contributed by atoms with van der Waals surface area (Å²) in [5, 5.41) is 0. The van der Waals surface area contributed by atoms with E-state index in [1.165, 1.54) is 5.57 Å². The van der Waals surface area contributed by atoms with Crippen LogP contribution < -0.4 is 15.2 Å². The molecule has 92 valence electrons. The fraction of sp³-hybridized carbons (Fsp3) is 0.385. The van der Waals surface area contributed by atoms with Crippen LogP contribution in [0.1, 0.15) is 12.0 Å². The zero-order valence-electron chi connectivity index (χ0n) is 9.78. The van der Waals surface area contributed by atoms with Gasteiger partial charge >= 0.3 is 0 Å². The van der Waals surface area contributed by atoms with Crippen molar-refractivity contribution in [2.45, 2.75) is 11.2 Å². The molecule has 1 atom stereocenters. The highest BCUT2D eigenvalue weighted by Crippen LogP contribution is 2.38. The van der Waals surface area contributed by atoms with Gasteiger partial charge in [0.25, 0.3) is 0 Å². The van der Waals surface area contributed by atoms with Gasteiger partial charge in [-0.05, 0) is 36.7 Å². The molecule has 4 heteroatoms. The Balaban J connectivity index is 2.41. The van der Waals surface area contributed by atoms with Gasteiger partial charge in [-0.1, -0.05) is 22.0 Å². The maximum absolute atomic E-state index is 5.67. The van der Waals surface area contributed by atoms with Crippen LogP contribution in [0.3, 0.4) is 0 Å². The Morgan fingerprint density at radius 2 is 2.41 bits per heavy atom. The molecule has 2 N–H and O–H groups in total. The molecule has 0 saturated carbocycles. The largest absolute Gasteiger partial charge is 0.497 e. The second-order valence-electron chi connectivity index (χ2n) is 3.88. The van der Waals surface area contributed by atoms with E-state index in [0.29, 0.717) is 13.2 Å². The van der Waals surface area contributed by atoms with Crippen LogP contribution >= 0.6 is 15.9 Å². The molecule has 0 bridgehead atoms. The topological polar surface area (TPSA) is 44.5 Å². The van der Waals surface area contributed by atoms with Crippen LogP contribution in [0, 0.1) is 0 Å². The van der Waals surface area contributed by atoms with Crippen molar-refractivity contribution in [1.29, 1.82) is 0 Å². The first-order chi connectivity index (χ1) is 8.26. The number of nitrogens with two attached hydrogens (primary N) is 1. The molecule has 0 amide bonds. The Hall–Kier alpha value is -1.00. The molecular weight excluding hydrogens is 282 g/mol. The monoisotopic (exact) mass is 297 g/mol. The zero-order chi connectivity index (χ0) is 12.3. The summed E-state index contributed by atoms with van der Waals surface area (Å²) in [6.07, 6.45) is 3.04. The SMILES string of the molecule is COc1ccc2c(c1)C(=CCCN)C(Br)CO2. The Labute approximate surface area is 110 Å². The third-order valence-electron chi connectivity index (χ3n) is 2.75. The summed E-state index contributed by atoms with van der Waals surface area (Å²) in [7, 11) is 1.67. The highest BCUT2D eigenvalue weighted by atomic mass is 79.9. The van der Waals surface area contributed by atoms with E-state index in [-0.39, 0.29) is 4.83 Å². The predicted octanol–water partition coefficient (Wildman–Crippen LogP) is 2.58. The van der Waals surface area contributed by atoms with Gasteiger partial charge in [-0.3, -0.25) is 0 Å². The van der Waals surface area contributed by atoms with Gasteiger partial charge in [-0.15, -0.1) is 0 Å². The van der Waals surface area contributed by atoms with Gasteiger partial charge < -0.3 is 15.2 Å². The van der Waals surface area contributed by atoms with E-state index < -0.39 is 0 Å². The number of rotatable bonds is 3. The van der Waals surface area contributed by atoms with Crippen LogP contribution in [0.2, 0.25) is 0 Å². The highest BCUT2D eigenvalue weighted by Gasteiger charge is 2.23. The summed E-state index contributed by atoms with van der Waals surface area (Å²) in [6.45, 7) is 1.30. The molecule has 0 aromatic heterocycles. The second kappa shape index (κ2) is 5.56. The van der Waals surface area contributed by atoms with Crippen LogP contribution in [-0.2, 0) is 0 Å². The van der Waals surface area contributed by atoms with Crippen LogP contribution in [0.15, 0.2) is 24.3 Å². The highest BCUT2D eigenvalue weighted by molar-refractivity contribution is 9.09. The van der Waals surface area contributed by atoms with E-state index in [4.69, 9.17) is 15.2 Å². The molecule has 1 unspecified atom stereocenters. The molecule has 1 aliphatic heterocycles. The molecule has 1 aromatic rings. The van der Waals surface area contributed by atoms with Gasteiger partial charge in [-0.25, -0.2) is 0 Å². The number of methoxy groups -OCH3 is 1. The first-order valence-corrected chi connectivity index (χ1v) is 6.53. The average molecular weight is 298 g/mol. The van der Waals surface area contributed by atoms with Crippen molar-refractivity contribution in [2.24, 2.45) is 5.73 Å². The van der Waals surface area contributed by atoms with Crippen molar-refractivity contribution < 1.29 is 9.47 Å². The molecule has 3 nitrogen and oxygen atoms in total. The number of hydrogen-bond donors (Lipinski definition) is 1. The minimum atomic E-state index is 0.216. The van der Waals surface area contributed by atoms with Crippen molar-refractivity contribution in [3.63, 3.8) is 0 Å². The van der Waals surface area contributed by atoms with E-state index in [1.54, 1.807) is 7.11 Å². The molecule has 1 heterocycles. The third kappa shape index (κ3) is 2.64. The average Bonchev–Trinajstić information content (AvgIpc) is 2.37. The number of ether oxygens (including phenoxy) is 2. The molecule has 0 spiro atoms. The van der Waals surface area contributed by atoms with E-state index in [1.807, 2.05) is 18.2 Å². The van der Waals surface area contributed by atoms with Gasteiger partial charge in [-0.2, -0.15) is 0 Å². The summed E-state index contributed by atoms with van der Waals surface area (Å²) in [5.74, 6) is 1.75. The quantitative estimate of drug-likeness (QED) is 0.872. The van der Waals surface area contributed by atoms with Crippen LogP contribution in [0.4, 0.5) is 0 Å². The molecule has 2 rings (SSSR count). The van der Waals surface area contributed by atoms with Crippen LogP contribution in [0.5, 0.6) is 11.5 Å². The fourth-order valence-corrected chi connectivity index (χ4v) is 2.45. The Kier molecular flexibility index (Phi) is 4.07. The van der Waals surface area contributed by atoms with Gasteiger partial charge in [0.1, 0.15) is 18.1 Å². The molecule has 1 aliphatic rings. The first-order valence-electron chi connectivity index (χ1n) is 5.61. The van der Waals surface area contributed by atoms with E-state index in [0.717, 1.165) is 23.5 Å². The van der Waals surface area contributed by atoms with Gasteiger partial charge in [0, 0.05) is 5.56 Å². The molecular formula is C13H16BrNO2. The standard InChI is InChI=1S/C13H16BrNO2/c1-16-9-4-5-13-11(7-9)10(3-2-6-15)12(14)8-17-13/h3-5,7,12H,2,6,8,15H2,1H3. The van der Waals surface area contributed by atoms with Gasteiger partial charge in [0.05, 0.1) is 11.9 Å². The normalized spacial score (nSPS) is 20.9. The molecule has 0 radical (unpaired) electrons. The van der Waals surface area contributed by atoms with Crippen molar-refractivity contribution in [3.05, 3.63) is 29.8 Å². The number of benzene rings is 1. The molecule has 0 saturated heterocycles. The lowest BCUT2D eigenvalue weighted by Crippen LogP contribution is -2.20. The second-order valence-corrected chi connectivity index (χ2v) is 4.98. The lowest BCUT2D eigenvalue weighted by atomic mass is 9.98. The van der Waals surface area contributed by atoms with E-state index >= 15 is 0 Å². The minimum absolute atomic E-state index is 0.216. The van der Waals surface area contributed by atoms with Crippen molar-refractivity contribution in [2.75, 3.05) is 20.3 Å². The smallest absolute Gasteiger partial charge is 0.127 e. The van der Waals surface area contributed by atoms with Crippen LogP contribution in [0.25, 0.3) is 5.57 Å². The maximum atomic E-state index is 5.67. The predicted molar refractivity (Wildman–Crippen MR) is 72.9 cm³/mol. The van der Waals surface area contributed by atoms with Crippen molar-refractivity contribution in [1.82, 2.24) is 0 Å². The zero-order valence-corrected chi connectivity index (χ0v) is 11.4. The number of alkyl halides is 1. The number of halogens is 1. The maximum Gasteiger partial charge on any atom is 0.127 e. The summed E-state index contributed by atoms with van der Waals surface area (Å²) in [4.78, 5) is 0.216. The van der Waals surface area contributed by atoms with Crippen LogP contribution in [-0.4, -0.2) is 25.1 Å². The minimum Gasteiger partial charge on any atom is -0.497 e. The summed E-state index contributed by atoms with van der Waals surface area (Å²) in [6, 6.07) is 5.86. The van der Waals surface area contributed by atoms with E-state index in [2.05, 4.69) is 22.0 Å². The van der Waals surface area contributed by atoms with Gasteiger partial charge in [0.2, 0.25) is 0 Å². The van der Waals surface area contributed by atoms with Crippen molar-refractivity contribution >= 4 is 21.5 Å². The third-order valence-corrected chi connectivity index (χ3v) is 3.51. The van der Waals surface area contributed by atoms with E-state index in [9.17, 15) is 0 Å². The summed E-state index contributed by atoms with van der Waals surface area (Å²) < 4.78 is 10.9. The Morgan fingerprint density at radius 3 is 3.12 bits per heavy atom. The Bertz CT molecular complexity index is 431. The molecule has 0 aliphatic carbocycles. The molecule has 1 aromatic carbocycles. The first kappa shape index (κ1) is 12.5. The van der Waals surface area contributed by atoms with Crippen molar-refractivity contribution in [3.8, 4) is 11.5 Å². The molecule has 0 fully saturated rings. The molecule has 17 heavy (non-hydrogen) atoms. The Morgan fingerprint density at radius 1 is 1.59 bits per heavy atom. The number of hydrogen-bond acceptors (Lipinski definition) is 3. The lowest BCUT2D eigenvalue weighted by Gasteiger charge is -2.25. The van der Waals surface area contributed by atoms with Gasteiger partial charge in [0.15, 0.2) is 0 Å². The summed E-state index contributed by atoms with van der Waals surface area (Å²) in [5.41, 5.74) is 7.87. The fourth-order valence-electron chi connectivity index (χ4n) is 1.89. The lowest BCUT2D eigenvalue weighted by molar-refractivity contribution is 0.321. The number of fused-ring (bicyclic) bond motifs is 1. The summed E-state index contributed by atoms with van der Waals surface area (Å²) >= 11 is 3.63.